The molecule has 1 amide bonds. The summed E-state index contributed by atoms with van der Waals surface area (Å²) in [6, 6.07) is 2.24. The molecule has 6 nitrogen and oxygen atoms in total. The summed E-state index contributed by atoms with van der Waals surface area (Å²) in [6.07, 6.45) is 5.69. The van der Waals surface area contributed by atoms with Crippen LogP contribution in [0.2, 0.25) is 0 Å². The van der Waals surface area contributed by atoms with Gasteiger partial charge in [0, 0.05) is 5.92 Å². The topological polar surface area (TPSA) is 91.8 Å². The summed E-state index contributed by atoms with van der Waals surface area (Å²) in [5, 5.41) is 20.4. The van der Waals surface area contributed by atoms with Crippen LogP contribution in [0.3, 0.4) is 0 Å². The number of hydrogen-bond acceptors (Lipinski definition) is 6. The number of nitrogens with one attached hydrogen (secondary N) is 1. The predicted molar refractivity (Wildman–Crippen MR) is 72.0 cm³/mol. The molecule has 0 aromatic carbocycles. The standard InChI is InChI=1S/C13H16N4O2S/c14-8-13(5-1-2-6-13)15-10(18)7-20-12-17-16-11(19-12)9-3-4-9/h9H,1-7H2,(H,15,18). The molecule has 2 fully saturated rings. The van der Waals surface area contributed by atoms with Gasteiger partial charge in [0.05, 0.1) is 11.8 Å². The normalized spacial score (nSPS) is 20.6. The average Bonchev–Trinajstić information content (AvgIpc) is 3.02. The summed E-state index contributed by atoms with van der Waals surface area (Å²) in [6.45, 7) is 0. The Morgan fingerprint density at radius 3 is 2.85 bits per heavy atom. The van der Waals surface area contributed by atoms with Crippen LogP contribution < -0.4 is 5.32 Å². The lowest BCUT2D eigenvalue weighted by Gasteiger charge is -2.21. The van der Waals surface area contributed by atoms with Gasteiger partial charge in [-0.2, -0.15) is 5.26 Å². The van der Waals surface area contributed by atoms with Crippen LogP contribution >= 0.6 is 11.8 Å². The van der Waals surface area contributed by atoms with Gasteiger partial charge in [-0.1, -0.05) is 11.8 Å². The predicted octanol–water partition coefficient (Wildman–Crippen LogP) is 1.99. The maximum atomic E-state index is 11.9. The van der Waals surface area contributed by atoms with Gasteiger partial charge in [-0.15, -0.1) is 10.2 Å². The number of nitriles is 1. The number of carbonyl (C=O) groups excluding carboxylic acids is 1. The van der Waals surface area contributed by atoms with Crippen LogP contribution in [-0.2, 0) is 4.79 Å². The molecule has 2 aliphatic carbocycles. The Morgan fingerprint density at radius 2 is 2.20 bits per heavy atom. The number of aromatic nitrogens is 2. The fraction of sp³-hybridized carbons (Fsp3) is 0.692. The highest BCUT2D eigenvalue weighted by molar-refractivity contribution is 7.99. The monoisotopic (exact) mass is 292 g/mol. The number of thioether (sulfide) groups is 1. The van der Waals surface area contributed by atoms with Crippen LogP contribution in [0, 0.1) is 11.3 Å². The second-order valence-corrected chi connectivity index (χ2v) is 6.34. The highest BCUT2D eigenvalue weighted by Crippen LogP contribution is 2.39. The molecule has 0 radical (unpaired) electrons. The van der Waals surface area contributed by atoms with Crippen LogP contribution in [-0.4, -0.2) is 27.4 Å². The van der Waals surface area contributed by atoms with Crippen molar-refractivity contribution in [1.82, 2.24) is 15.5 Å². The minimum absolute atomic E-state index is 0.148. The first-order valence-electron chi connectivity index (χ1n) is 6.89. The number of rotatable bonds is 5. The van der Waals surface area contributed by atoms with Crippen molar-refractivity contribution >= 4 is 17.7 Å². The van der Waals surface area contributed by atoms with Gasteiger partial charge in [0.15, 0.2) is 0 Å². The molecule has 1 aromatic rings. The van der Waals surface area contributed by atoms with Gasteiger partial charge in [-0.3, -0.25) is 4.79 Å². The van der Waals surface area contributed by atoms with Crippen molar-refractivity contribution in [2.75, 3.05) is 5.75 Å². The molecule has 0 saturated heterocycles. The van der Waals surface area contributed by atoms with Crippen LogP contribution in [0.4, 0.5) is 0 Å². The summed E-state index contributed by atoms with van der Waals surface area (Å²) < 4.78 is 5.48. The van der Waals surface area contributed by atoms with Gasteiger partial charge in [0.2, 0.25) is 11.8 Å². The zero-order valence-electron chi connectivity index (χ0n) is 11.1. The lowest BCUT2D eigenvalue weighted by Crippen LogP contribution is -2.45. The molecule has 0 unspecified atom stereocenters. The molecule has 1 heterocycles. The van der Waals surface area contributed by atoms with E-state index in [1.165, 1.54) is 11.8 Å². The van der Waals surface area contributed by atoms with Gasteiger partial charge in [-0.05, 0) is 38.5 Å². The number of carbonyl (C=O) groups is 1. The Kier molecular flexibility index (Phi) is 3.66. The molecule has 2 aliphatic rings. The Hall–Kier alpha value is -1.55. The van der Waals surface area contributed by atoms with E-state index < -0.39 is 5.54 Å². The van der Waals surface area contributed by atoms with E-state index >= 15 is 0 Å². The van der Waals surface area contributed by atoms with Crippen LogP contribution in [0.15, 0.2) is 9.64 Å². The fourth-order valence-corrected chi connectivity index (χ4v) is 3.02. The molecule has 0 spiro atoms. The molecule has 3 rings (SSSR count). The minimum atomic E-state index is -0.661. The van der Waals surface area contributed by atoms with Crippen molar-refractivity contribution in [3.63, 3.8) is 0 Å². The number of amides is 1. The van der Waals surface area contributed by atoms with Crippen molar-refractivity contribution in [1.29, 1.82) is 5.26 Å². The van der Waals surface area contributed by atoms with E-state index in [1.807, 2.05) is 0 Å². The first-order chi connectivity index (χ1) is 9.71. The second kappa shape index (κ2) is 5.44. The van der Waals surface area contributed by atoms with E-state index in [-0.39, 0.29) is 11.7 Å². The lowest BCUT2D eigenvalue weighted by molar-refractivity contribution is -0.119. The van der Waals surface area contributed by atoms with Crippen molar-refractivity contribution in [2.24, 2.45) is 0 Å². The summed E-state index contributed by atoms with van der Waals surface area (Å²) in [5.74, 6) is 1.16. The van der Waals surface area contributed by atoms with Crippen LogP contribution in [0.5, 0.6) is 0 Å². The van der Waals surface area contributed by atoms with E-state index in [4.69, 9.17) is 4.42 Å². The summed E-state index contributed by atoms with van der Waals surface area (Å²) in [5.41, 5.74) is -0.661. The van der Waals surface area contributed by atoms with Crippen molar-refractivity contribution in [2.45, 2.75) is 55.2 Å². The third-order valence-electron chi connectivity index (χ3n) is 3.73. The van der Waals surface area contributed by atoms with E-state index in [1.54, 1.807) is 0 Å². The maximum absolute atomic E-state index is 11.9. The molecule has 0 aliphatic heterocycles. The molecular weight excluding hydrogens is 276 g/mol. The average molecular weight is 292 g/mol. The second-order valence-electron chi connectivity index (χ2n) is 5.42. The molecule has 2 saturated carbocycles. The van der Waals surface area contributed by atoms with Gasteiger partial charge < -0.3 is 9.73 Å². The Bertz CT molecular complexity index is 541. The molecule has 7 heteroatoms. The Morgan fingerprint density at radius 1 is 1.45 bits per heavy atom. The molecule has 0 atom stereocenters. The first-order valence-corrected chi connectivity index (χ1v) is 7.88. The molecule has 1 aromatic heterocycles. The van der Waals surface area contributed by atoms with Gasteiger partial charge in [-0.25, -0.2) is 0 Å². The molecule has 106 valence electrons. The lowest BCUT2D eigenvalue weighted by atomic mass is 10.0. The van der Waals surface area contributed by atoms with Crippen LogP contribution in [0.25, 0.3) is 0 Å². The molecule has 1 N–H and O–H groups in total. The third kappa shape index (κ3) is 2.96. The van der Waals surface area contributed by atoms with Crippen molar-refractivity contribution in [3.8, 4) is 6.07 Å². The Balaban J connectivity index is 1.50. The van der Waals surface area contributed by atoms with Gasteiger partial charge in [0.1, 0.15) is 5.54 Å². The van der Waals surface area contributed by atoms with E-state index in [0.29, 0.717) is 17.0 Å². The first kappa shape index (κ1) is 13.4. The number of nitrogens with zero attached hydrogens (tertiary/aromatic N) is 3. The Labute approximate surface area is 121 Å². The van der Waals surface area contributed by atoms with E-state index in [9.17, 15) is 10.1 Å². The minimum Gasteiger partial charge on any atom is -0.416 e. The van der Waals surface area contributed by atoms with Crippen molar-refractivity contribution in [3.05, 3.63) is 5.89 Å². The third-order valence-corrected chi connectivity index (χ3v) is 4.54. The van der Waals surface area contributed by atoms with Crippen LogP contribution in [0.1, 0.15) is 50.3 Å². The molecule has 20 heavy (non-hydrogen) atoms. The fourth-order valence-electron chi connectivity index (χ4n) is 2.45. The zero-order valence-corrected chi connectivity index (χ0v) is 11.9. The summed E-state index contributed by atoms with van der Waals surface area (Å²) in [4.78, 5) is 11.9. The van der Waals surface area contributed by atoms with Gasteiger partial charge in [0.25, 0.3) is 5.22 Å². The summed E-state index contributed by atoms with van der Waals surface area (Å²) in [7, 11) is 0. The smallest absolute Gasteiger partial charge is 0.277 e. The van der Waals surface area contributed by atoms with Crippen molar-refractivity contribution < 1.29 is 9.21 Å². The highest BCUT2D eigenvalue weighted by Gasteiger charge is 2.35. The van der Waals surface area contributed by atoms with E-state index in [0.717, 1.165) is 38.5 Å². The quantitative estimate of drug-likeness (QED) is 0.834. The molecular formula is C13H16N4O2S. The van der Waals surface area contributed by atoms with Gasteiger partial charge >= 0.3 is 0 Å². The maximum Gasteiger partial charge on any atom is 0.277 e. The highest BCUT2D eigenvalue weighted by atomic mass is 32.2. The van der Waals surface area contributed by atoms with E-state index in [2.05, 4.69) is 21.6 Å². The largest absolute Gasteiger partial charge is 0.416 e. The zero-order chi connectivity index (χ0) is 14.0. The SMILES string of the molecule is N#CC1(NC(=O)CSc2nnc(C3CC3)o2)CCCC1. The number of hydrogen-bond donors (Lipinski definition) is 1. The summed E-state index contributed by atoms with van der Waals surface area (Å²) >= 11 is 1.23. The molecule has 0 bridgehead atoms.